The van der Waals surface area contributed by atoms with E-state index in [1.807, 2.05) is 13.0 Å². The Kier molecular flexibility index (Phi) is 4.57. The van der Waals surface area contributed by atoms with Gasteiger partial charge in [0.15, 0.2) is 0 Å². The minimum absolute atomic E-state index is 0.174. The number of rotatable bonds is 4. The van der Waals surface area contributed by atoms with Gasteiger partial charge in [-0.05, 0) is 31.2 Å². The first kappa shape index (κ1) is 16.3. The summed E-state index contributed by atoms with van der Waals surface area (Å²) in [5.74, 6) is 1.42. The first-order chi connectivity index (χ1) is 12.2. The van der Waals surface area contributed by atoms with E-state index in [1.165, 1.54) is 12.0 Å². The van der Waals surface area contributed by atoms with E-state index in [2.05, 4.69) is 45.3 Å². The zero-order chi connectivity index (χ0) is 17.2. The molecule has 1 aromatic heterocycles. The van der Waals surface area contributed by atoms with Gasteiger partial charge < -0.3 is 9.42 Å². The molecule has 25 heavy (non-hydrogen) atoms. The molecule has 0 aliphatic carbocycles. The van der Waals surface area contributed by atoms with Crippen LogP contribution in [0.3, 0.4) is 0 Å². The van der Waals surface area contributed by atoms with Crippen LogP contribution in [0.2, 0.25) is 0 Å². The smallest absolute Gasteiger partial charge is 0.230 e. The summed E-state index contributed by atoms with van der Waals surface area (Å²) in [6, 6.07) is 12.8. The number of aromatic nitrogens is 1. The Bertz CT molecular complexity index is 728. The Labute approximate surface area is 148 Å². The molecule has 2 aromatic rings. The van der Waals surface area contributed by atoms with Gasteiger partial charge in [-0.25, -0.2) is 0 Å². The molecule has 1 amide bonds. The molecule has 4 heterocycles. The Morgan fingerprint density at radius 3 is 2.80 bits per heavy atom. The van der Waals surface area contributed by atoms with Crippen LogP contribution < -0.4 is 0 Å². The van der Waals surface area contributed by atoms with Crippen molar-refractivity contribution in [2.75, 3.05) is 19.6 Å². The molecule has 5 heteroatoms. The molecule has 0 unspecified atom stereocenters. The summed E-state index contributed by atoms with van der Waals surface area (Å²) >= 11 is 0. The van der Waals surface area contributed by atoms with Crippen molar-refractivity contribution in [3.8, 4) is 0 Å². The Hall–Kier alpha value is -2.14. The van der Waals surface area contributed by atoms with Crippen LogP contribution in [0.5, 0.6) is 0 Å². The van der Waals surface area contributed by atoms with Gasteiger partial charge in [-0.3, -0.25) is 9.69 Å². The van der Waals surface area contributed by atoms with Crippen LogP contribution in [-0.4, -0.2) is 46.5 Å². The molecule has 0 saturated carbocycles. The molecule has 0 radical (unpaired) electrons. The fraction of sp³-hybridized carbons (Fsp3) is 0.500. The average molecular weight is 339 g/mol. The van der Waals surface area contributed by atoms with Crippen molar-refractivity contribution >= 4 is 5.91 Å². The maximum atomic E-state index is 12.8. The summed E-state index contributed by atoms with van der Waals surface area (Å²) in [4.78, 5) is 17.4. The topological polar surface area (TPSA) is 49.6 Å². The number of hydrogen-bond donors (Lipinski definition) is 0. The zero-order valence-electron chi connectivity index (χ0n) is 14.7. The molecule has 2 bridgehead atoms. The highest BCUT2D eigenvalue weighted by Gasteiger charge is 2.37. The van der Waals surface area contributed by atoms with Crippen LogP contribution in [0.15, 0.2) is 40.9 Å². The van der Waals surface area contributed by atoms with E-state index >= 15 is 0 Å². The second-order valence-corrected chi connectivity index (χ2v) is 7.43. The summed E-state index contributed by atoms with van der Waals surface area (Å²) < 4.78 is 5.23. The third-order valence-corrected chi connectivity index (χ3v) is 5.36. The zero-order valence-corrected chi connectivity index (χ0v) is 14.7. The second kappa shape index (κ2) is 7.00. The number of hydrogen-bond acceptors (Lipinski definition) is 4. The van der Waals surface area contributed by atoms with Crippen molar-refractivity contribution in [1.82, 2.24) is 15.0 Å². The number of piperidine rings is 1. The first-order valence-corrected chi connectivity index (χ1v) is 9.15. The summed E-state index contributed by atoms with van der Waals surface area (Å²) in [6.45, 7) is 5.77. The highest BCUT2D eigenvalue weighted by molar-refractivity contribution is 5.78. The third kappa shape index (κ3) is 3.76. The van der Waals surface area contributed by atoms with Gasteiger partial charge in [0.1, 0.15) is 5.76 Å². The molecule has 5 rings (SSSR count). The van der Waals surface area contributed by atoms with Gasteiger partial charge in [-0.15, -0.1) is 0 Å². The Balaban J connectivity index is 1.43. The maximum Gasteiger partial charge on any atom is 0.230 e. The summed E-state index contributed by atoms with van der Waals surface area (Å²) in [5, 5.41) is 3.89. The lowest BCUT2D eigenvalue weighted by atomic mass is 9.94. The minimum atomic E-state index is 0.174. The van der Waals surface area contributed by atoms with Crippen LogP contribution >= 0.6 is 0 Å². The summed E-state index contributed by atoms with van der Waals surface area (Å²) in [7, 11) is 0. The number of nitrogens with zero attached hydrogens (tertiary/aromatic N) is 3. The second-order valence-electron chi connectivity index (χ2n) is 7.43. The SMILES string of the molecule is Cc1cc(CC(=O)N2C[C@H]3CC[C@@H]2CN(Cc2ccccc2)C3)on1. The quantitative estimate of drug-likeness (QED) is 0.859. The first-order valence-electron chi connectivity index (χ1n) is 9.15. The van der Waals surface area contributed by atoms with E-state index in [-0.39, 0.29) is 5.91 Å². The Morgan fingerprint density at radius 1 is 1.20 bits per heavy atom. The molecule has 3 saturated heterocycles. The standard InChI is InChI=1S/C20H25N3O2/c1-15-9-19(25-21-15)10-20(24)23-13-17-7-8-18(23)14-22(12-17)11-16-5-3-2-4-6-16/h2-6,9,17-18H,7-8,10-14H2,1H3/t17-,18+/m0/s1. The molecule has 0 spiro atoms. The van der Waals surface area contributed by atoms with Gasteiger partial charge >= 0.3 is 0 Å². The molecule has 3 aliphatic rings. The number of fused-ring (bicyclic) bond motifs is 4. The number of benzene rings is 1. The lowest BCUT2D eigenvalue weighted by molar-refractivity contribution is -0.134. The van der Waals surface area contributed by atoms with Gasteiger partial charge in [-0.1, -0.05) is 35.5 Å². The van der Waals surface area contributed by atoms with E-state index in [4.69, 9.17) is 4.52 Å². The van der Waals surface area contributed by atoms with Gasteiger partial charge in [0.05, 0.1) is 12.1 Å². The molecule has 3 fully saturated rings. The normalized spacial score (nSPS) is 23.6. The largest absolute Gasteiger partial charge is 0.361 e. The minimum Gasteiger partial charge on any atom is -0.361 e. The van der Waals surface area contributed by atoms with Crippen LogP contribution in [0.25, 0.3) is 0 Å². The number of carbonyl (C=O) groups is 1. The van der Waals surface area contributed by atoms with Crippen molar-refractivity contribution < 1.29 is 9.32 Å². The third-order valence-electron chi connectivity index (χ3n) is 5.36. The van der Waals surface area contributed by atoms with Crippen LogP contribution in [0, 0.1) is 12.8 Å². The number of aryl methyl sites for hydroxylation is 1. The van der Waals surface area contributed by atoms with E-state index < -0.39 is 0 Å². The highest BCUT2D eigenvalue weighted by Crippen LogP contribution is 2.29. The van der Waals surface area contributed by atoms with Crippen LogP contribution in [0.4, 0.5) is 0 Å². The summed E-state index contributed by atoms with van der Waals surface area (Å²) in [5.41, 5.74) is 2.17. The van der Waals surface area contributed by atoms with Crippen molar-refractivity contribution in [3.05, 3.63) is 53.4 Å². The van der Waals surface area contributed by atoms with Crippen LogP contribution in [0.1, 0.15) is 29.9 Å². The maximum absolute atomic E-state index is 12.8. The van der Waals surface area contributed by atoms with Gasteiger partial charge in [-0.2, -0.15) is 0 Å². The molecule has 2 atom stereocenters. The average Bonchev–Trinajstić information content (AvgIpc) is 2.82. The molecule has 132 valence electrons. The lowest BCUT2D eigenvalue weighted by Gasteiger charge is -2.36. The van der Waals surface area contributed by atoms with Crippen molar-refractivity contribution in [2.45, 2.75) is 38.8 Å². The monoisotopic (exact) mass is 339 g/mol. The van der Waals surface area contributed by atoms with Crippen molar-refractivity contribution in [1.29, 1.82) is 0 Å². The predicted octanol–water partition coefficient (Wildman–Crippen LogP) is 2.65. The van der Waals surface area contributed by atoms with E-state index in [1.54, 1.807) is 0 Å². The molecule has 0 N–H and O–H groups in total. The Morgan fingerprint density at radius 2 is 2.04 bits per heavy atom. The van der Waals surface area contributed by atoms with E-state index in [0.29, 0.717) is 24.1 Å². The van der Waals surface area contributed by atoms with Crippen molar-refractivity contribution in [2.24, 2.45) is 5.92 Å². The lowest BCUT2D eigenvalue weighted by Crippen LogP contribution is -2.47. The van der Waals surface area contributed by atoms with E-state index in [0.717, 1.165) is 38.3 Å². The van der Waals surface area contributed by atoms with Gasteiger partial charge in [0.2, 0.25) is 5.91 Å². The predicted molar refractivity (Wildman–Crippen MR) is 94.9 cm³/mol. The van der Waals surface area contributed by atoms with Crippen LogP contribution in [-0.2, 0) is 17.8 Å². The fourth-order valence-electron chi connectivity index (χ4n) is 4.21. The number of carbonyl (C=O) groups excluding carboxylic acids is 1. The van der Waals surface area contributed by atoms with Gasteiger partial charge in [0.25, 0.3) is 0 Å². The highest BCUT2D eigenvalue weighted by atomic mass is 16.5. The molecular formula is C20H25N3O2. The van der Waals surface area contributed by atoms with E-state index in [9.17, 15) is 4.79 Å². The fourth-order valence-corrected chi connectivity index (χ4v) is 4.21. The molecule has 1 aromatic carbocycles. The summed E-state index contributed by atoms with van der Waals surface area (Å²) in [6.07, 6.45) is 2.65. The number of amides is 1. The van der Waals surface area contributed by atoms with Crippen molar-refractivity contribution in [3.63, 3.8) is 0 Å². The molecule has 5 nitrogen and oxygen atoms in total. The van der Waals surface area contributed by atoms with Gasteiger partial charge in [0, 0.05) is 38.3 Å². The molecule has 3 aliphatic heterocycles. The molecular weight excluding hydrogens is 314 g/mol.